The largest absolute Gasteiger partial charge is 0.453 e. The second kappa shape index (κ2) is 7.73. The zero-order valence-corrected chi connectivity index (χ0v) is 10.8. The summed E-state index contributed by atoms with van der Waals surface area (Å²) in [6, 6.07) is 12.0. The molecule has 0 radical (unpaired) electrons. The molecule has 2 aromatic rings. The molecule has 0 aliphatic carbocycles. The van der Waals surface area contributed by atoms with Gasteiger partial charge in [-0.1, -0.05) is 24.3 Å². The summed E-state index contributed by atoms with van der Waals surface area (Å²) in [5.74, 6) is -0.838. The molecule has 20 heavy (non-hydrogen) atoms. The van der Waals surface area contributed by atoms with Crippen LogP contribution in [0.2, 0.25) is 0 Å². The van der Waals surface area contributed by atoms with E-state index in [1.165, 1.54) is 37.4 Å². The Kier molecular flexibility index (Phi) is 5.96. The highest BCUT2D eigenvalue weighted by Crippen LogP contribution is 2.12. The van der Waals surface area contributed by atoms with Crippen LogP contribution in [0.4, 0.5) is 25.0 Å². The van der Waals surface area contributed by atoms with Crippen molar-refractivity contribution in [2.75, 3.05) is 18.2 Å². The van der Waals surface area contributed by atoms with Crippen molar-refractivity contribution in [1.82, 2.24) is 0 Å². The lowest BCUT2D eigenvalue weighted by atomic mass is 10.3. The minimum atomic E-state index is -0.680. The Hall–Kier alpha value is -2.63. The van der Waals surface area contributed by atoms with Gasteiger partial charge in [-0.05, 0) is 24.3 Å². The number of methoxy groups -OCH3 is 1. The Morgan fingerprint density at radius 1 is 1.05 bits per heavy atom. The van der Waals surface area contributed by atoms with Crippen molar-refractivity contribution in [3.63, 3.8) is 0 Å². The minimum Gasteiger partial charge on any atom is -0.453 e. The van der Waals surface area contributed by atoms with Gasteiger partial charge in [0.1, 0.15) is 11.6 Å². The third-order valence-electron chi connectivity index (χ3n) is 2.20. The number of hydrogen-bond acceptors (Lipinski definition) is 3. The smallest absolute Gasteiger partial charge is 0.411 e. The lowest BCUT2D eigenvalue weighted by Gasteiger charge is -2.03. The number of nitrogen functional groups attached to an aromatic ring is 1. The molecule has 0 aliphatic heterocycles. The molecule has 2 aromatic carbocycles. The molecule has 0 saturated carbocycles. The first kappa shape index (κ1) is 15.4. The van der Waals surface area contributed by atoms with Gasteiger partial charge in [0.25, 0.3) is 0 Å². The maximum absolute atomic E-state index is 12.8. The number of carbonyl (C=O) groups excluding carboxylic acids is 1. The number of hydrogen-bond donors (Lipinski definition) is 2. The number of nitrogens with two attached hydrogens (primary N) is 1. The lowest BCUT2D eigenvalue weighted by Crippen LogP contribution is -2.11. The number of ether oxygens (including phenoxy) is 1. The van der Waals surface area contributed by atoms with Crippen LogP contribution in [-0.2, 0) is 4.74 Å². The van der Waals surface area contributed by atoms with E-state index < -0.39 is 11.9 Å². The average molecular weight is 280 g/mol. The summed E-state index contributed by atoms with van der Waals surface area (Å²) in [5, 5.41) is 2.22. The average Bonchev–Trinajstić information content (AvgIpc) is 2.45. The molecule has 0 aliphatic rings. The van der Waals surface area contributed by atoms with Crippen molar-refractivity contribution >= 4 is 17.5 Å². The summed E-state index contributed by atoms with van der Waals surface area (Å²) in [6.45, 7) is 0. The van der Waals surface area contributed by atoms with E-state index in [-0.39, 0.29) is 17.2 Å². The van der Waals surface area contributed by atoms with Crippen molar-refractivity contribution < 1.29 is 18.3 Å². The predicted octanol–water partition coefficient (Wildman–Crippen LogP) is 3.41. The van der Waals surface area contributed by atoms with E-state index in [1.807, 2.05) is 0 Å². The molecule has 0 fully saturated rings. The van der Waals surface area contributed by atoms with Crippen LogP contribution in [0.15, 0.2) is 48.5 Å². The number of rotatable bonds is 1. The van der Waals surface area contributed by atoms with Crippen molar-refractivity contribution in [1.29, 1.82) is 0 Å². The number of carbonyl (C=O) groups is 1. The molecule has 2 rings (SSSR count). The van der Waals surface area contributed by atoms with Crippen LogP contribution in [0.5, 0.6) is 0 Å². The highest BCUT2D eigenvalue weighted by molar-refractivity contribution is 5.84. The number of anilines is 2. The summed E-state index contributed by atoms with van der Waals surface area (Å²) >= 11 is 0. The van der Waals surface area contributed by atoms with Gasteiger partial charge in [0.05, 0.1) is 18.5 Å². The molecule has 0 heterocycles. The maximum Gasteiger partial charge on any atom is 0.411 e. The van der Waals surface area contributed by atoms with E-state index in [9.17, 15) is 13.6 Å². The van der Waals surface area contributed by atoms with Crippen LogP contribution in [-0.4, -0.2) is 13.2 Å². The SMILES string of the molecule is COC(=O)Nc1ccccc1F.Nc1ccccc1F. The van der Waals surface area contributed by atoms with E-state index in [0.717, 1.165) is 0 Å². The standard InChI is InChI=1S/C8H8FNO2.C6H6FN/c1-12-8(11)10-7-5-3-2-4-6(7)9;7-5-3-1-2-4-6(5)8/h2-5H,1H3,(H,10,11);1-4H,8H2. The van der Waals surface area contributed by atoms with E-state index in [4.69, 9.17) is 5.73 Å². The zero-order valence-electron chi connectivity index (χ0n) is 10.8. The zero-order chi connectivity index (χ0) is 15.0. The van der Waals surface area contributed by atoms with Gasteiger partial charge < -0.3 is 10.5 Å². The summed E-state index contributed by atoms with van der Waals surface area (Å²) in [5.41, 5.74) is 5.46. The molecule has 1 amide bonds. The molecule has 0 unspecified atom stereocenters. The second-order valence-corrected chi connectivity index (χ2v) is 3.62. The van der Waals surface area contributed by atoms with E-state index in [0.29, 0.717) is 0 Å². The van der Waals surface area contributed by atoms with Crippen LogP contribution >= 0.6 is 0 Å². The fourth-order valence-electron chi connectivity index (χ4n) is 1.20. The highest BCUT2D eigenvalue weighted by atomic mass is 19.1. The van der Waals surface area contributed by atoms with E-state index in [2.05, 4.69) is 10.1 Å². The molecule has 0 spiro atoms. The number of benzene rings is 2. The molecule has 3 N–H and O–H groups in total. The molecule has 0 atom stereocenters. The Morgan fingerprint density at radius 2 is 1.60 bits per heavy atom. The molecule has 4 nitrogen and oxygen atoms in total. The monoisotopic (exact) mass is 280 g/mol. The first-order chi connectivity index (χ1) is 9.54. The van der Waals surface area contributed by atoms with Gasteiger partial charge in [-0.2, -0.15) is 0 Å². The number of para-hydroxylation sites is 2. The van der Waals surface area contributed by atoms with E-state index >= 15 is 0 Å². The molecular formula is C14H14F2N2O2. The van der Waals surface area contributed by atoms with Crippen molar-refractivity contribution in [2.45, 2.75) is 0 Å². The van der Waals surface area contributed by atoms with Crippen LogP contribution in [0, 0.1) is 11.6 Å². The molecule has 0 bridgehead atoms. The third-order valence-corrected chi connectivity index (χ3v) is 2.20. The fourth-order valence-corrected chi connectivity index (χ4v) is 1.20. The first-order valence-electron chi connectivity index (χ1n) is 5.64. The third kappa shape index (κ3) is 4.93. The van der Waals surface area contributed by atoms with E-state index in [1.54, 1.807) is 18.2 Å². The van der Waals surface area contributed by atoms with Crippen molar-refractivity contribution in [3.05, 3.63) is 60.2 Å². The summed E-state index contributed by atoms with van der Waals surface area (Å²) in [7, 11) is 1.22. The fraction of sp³-hybridized carbons (Fsp3) is 0.0714. The molecule has 0 saturated heterocycles. The number of nitrogens with one attached hydrogen (secondary N) is 1. The van der Waals surface area contributed by atoms with Crippen LogP contribution in [0.3, 0.4) is 0 Å². The van der Waals surface area contributed by atoms with Gasteiger partial charge >= 0.3 is 6.09 Å². The Balaban J connectivity index is 0.000000217. The minimum absolute atomic E-state index is 0.115. The lowest BCUT2D eigenvalue weighted by molar-refractivity contribution is 0.187. The Bertz CT molecular complexity index is 556. The Labute approximate surface area is 115 Å². The predicted molar refractivity (Wildman–Crippen MR) is 73.2 cm³/mol. The van der Waals surface area contributed by atoms with Gasteiger partial charge in [0.2, 0.25) is 0 Å². The summed E-state index contributed by atoms with van der Waals surface area (Å²) < 4.78 is 29.3. The summed E-state index contributed by atoms with van der Waals surface area (Å²) in [4.78, 5) is 10.6. The van der Waals surface area contributed by atoms with Gasteiger partial charge in [0.15, 0.2) is 0 Å². The molecule has 6 heteroatoms. The molecule has 106 valence electrons. The topological polar surface area (TPSA) is 64.3 Å². The van der Waals surface area contributed by atoms with Crippen molar-refractivity contribution in [2.24, 2.45) is 0 Å². The van der Waals surface area contributed by atoms with Gasteiger partial charge in [-0.3, -0.25) is 5.32 Å². The number of halogens is 2. The van der Waals surface area contributed by atoms with Crippen molar-refractivity contribution in [3.8, 4) is 0 Å². The van der Waals surface area contributed by atoms with Crippen LogP contribution in [0.25, 0.3) is 0 Å². The van der Waals surface area contributed by atoms with Gasteiger partial charge in [-0.15, -0.1) is 0 Å². The van der Waals surface area contributed by atoms with Crippen LogP contribution < -0.4 is 11.1 Å². The quantitative estimate of drug-likeness (QED) is 0.787. The second-order valence-electron chi connectivity index (χ2n) is 3.62. The normalized spacial score (nSPS) is 9.15. The first-order valence-corrected chi connectivity index (χ1v) is 5.64. The van der Waals surface area contributed by atoms with Crippen LogP contribution in [0.1, 0.15) is 0 Å². The molecular weight excluding hydrogens is 266 g/mol. The van der Waals surface area contributed by atoms with Gasteiger partial charge in [0, 0.05) is 0 Å². The Morgan fingerprint density at radius 3 is 2.05 bits per heavy atom. The maximum atomic E-state index is 12.8. The number of amides is 1. The summed E-state index contributed by atoms with van der Waals surface area (Å²) in [6.07, 6.45) is -0.680. The molecule has 0 aromatic heterocycles. The van der Waals surface area contributed by atoms with Gasteiger partial charge in [-0.25, -0.2) is 13.6 Å². The highest BCUT2D eigenvalue weighted by Gasteiger charge is 2.03.